The molecule has 1 amide bonds. The molecule has 210 valence electrons. The number of hydrogen-bond acceptors (Lipinski definition) is 9. The number of aromatic nitrogens is 2. The second-order valence-electron chi connectivity index (χ2n) is 8.89. The van der Waals surface area contributed by atoms with Gasteiger partial charge in [-0.3, -0.25) is 10.1 Å². The predicted molar refractivity (Wildman–Crippen MR) is 154 cm³/mol. The van der Waals surface area contributed by atoms with Crippen LogP contribution in [-0.4, -0.2) is 40.5 Å². The second kappa shape index (κ2) is 14.3. The first kappa shape index (κ1) is 31.3. The molecule has 1 aromatic heterocycles. The minimum atomic E-state index is -0.975. The highest BCUT2D eigenvalue weighted by Crippen LogP contribution is 2.33. The summed E-state index contributed by atoms with van der Waals surface area (Å²) in [4.78, 5) is 13.0. The van der Waals surface area contributed by atoms with Crippen LogP contribution in [0.15, 0.2) is 71.1 Å². The number of amides is 1. The molecule has 0 fully saturated rings. The average Bonchev–Trinajstić information content (AvgIpc) is 3.35. The normalized spacial score (nSPS) is 13.9. The Bertz CT molecular complexity index is 1320. The van der Waals surface area contributed by atoms with Gasteiger partial charge in [0.15, 0.2) is 0 Å². The number of nitrogens with two attached hydrogens (primary N) is 2. The van der Waals surface area contributed by atoms with Gasteiger partial charge < -0.3 is 26.0 Å². The fourth-order valence-corrected chi connectivity index (χ4v) is 4.13. The molecule has 0 unspecified atom stereocenters. The van der Waals surface area contributed by atoms with Crippen LogP contribution in [0.2, 0.25) is 0 Å². The highest BCUT2D eigenvalue weighted by molar-refractivity contribution is 7.17. The van der Waals surface area contributed by atoms with Crippen LogP contribution in [0.5, 0.6) is 10.9 Å². The number of benzene rings is 1. The van der Waals surface area contributed by atoms with Crippen molar-refractivity contribution in [2.75, 3.05) is 19.0 Å². The van der Waals surface area contributed by atoms with E-state index in [1.807, 2.05) is 39.0 Å². The summed E-state index contributed by atoms with van der Waals surface area (Å²) >= 11 is 1.02. The third-order valence-electron chi connectivity index (χ3n) is 5.87. The van der Waals surface area contributed by atoms with Gasteiger partial charge >= 0.3 is 0 Å². The Balaban J connectivity index is 2.19. The highest BCUT2D eigenvalue weighted by Gasteiger charge is 2.23. The van der Waals surface area contributed by atoms with E-state index in [2.05, 4.69) is 15.5 Å². The van der Waals surface area contributed by atoms with Gasteiger partial charge in [0.05, 0.1) is 23.8 Å². The smallest absolute Gasteiger partial charge is 0.296 e. The van der Waals surface area contributed by atoms with Crippen molar-refractivity contribution in [1.29, 1.82) is 0 Å². The molecule has 9 nitrogen and oxygen atoms in total. The fourth-order valence-electron chi connectivity index (χ4n) is 3.54. The van der Waals surface area contributed by atoms with Crippen LogP contribution < -0.4 is 26.3 Å². The molecule has 2 rings (SSSR count). The van der Waals surface area contributed by atoms with Crippen molar-refractivity contribution in [1.82, 2.24) is 10.2 Å². The van der Waals surface area contributed by atoms with E-state index in [-0.39, 0.29) is 39.4 Å². The fraction of sp³-hybridized carbons (Fsp3) is 0.321. The van der Waals surface area contributed by atoms with E-state index in [1.165, 1.54) is 19.2 Å². The Morgan fingerprint density at radius 3 is 2.51 bits per heavy atom. The van der Waals surface area contributed by atoms with Crippen molar-refractivity contribution in [3.8, 4) is 10.9 Å². The van der Waals surface area contributed by atoms with E-state index < -0.39 is 17.3 Å². The maximum Gasteiger partial charge on any atom is 0.296 e. The van der Waals surface area contributed by atoms with Gasteiger partial charge in [-0.05, 0) is 68.7 Å². The number of ether oxygens (including phenoxy) is 2. The number of halogens is 1. The van der Waals surface area contributed by atoms with Crippen LogP contribution in [0.3, 0.4) is 0 Å². The molecular formula is C28H36FN5O4S. The molecule has 0 aliphatic heterocycles. The van der Waals surface area contributed by atoms with Crippen LogP contribution >= 0.6 is 11.3 Å². The highest BCUT2D eigenvalue weighted by atomic mass is 32.1. The number of rotatable bonds is 12. The number of nitrogens with zero attached hydrogens (tertiary/aromatic N) is 2. The molecule has 0 spiro atoms. The van der Waals surface area contributed by atoms with Gasteiger partial charge in [0.2, 0.25) is 5.13 Å². The molecule has 11 heteroatoms. The molecule has 0 aliphatic carbocycles. The largest absolute Gasteiger partial charge is 0.496 e. The van der Waals surface area contributed by atoms with E-state index in [0.29, 0.717) is 0 Å². The van der Waals surface area contributed by atoms with Crippen LogP contribution in [0, 0.1) is 5.82 Å². The summed E-state index contributed by atoms with van der Waals surface area (Å²) < 4.78 is 25.7. The van der Waals surface area contributed by atoms with E-state index in [4.69, 9.17) is 20.9 Å². The van der Waals surface area contributed by atoms with Crippen molar-refractivity contribution in [3.05, 3.63) is 82.5 Å². The third kappa shape index (κ3) is 8.26. The quantitative estimate of drug-likeness (QED) is 0.214. The van der Waals surface area contributed by atoms with Crippen molar-refractivity contribution in [2.45, 2.75) is 46.6 Å². The lowest BCUT2D eigenvalue weighted by atomic mass is 9.96. The summed E-state index contributed by atoms with van der Waals surface area (Å²) in [5.74, 6) is -1.11. The van der Waals surface area contributed by atoms with Gasteiger partial charge in [0.1, 0.15) is 18.2 Å². The van der Waals surface area contributed by atoms with Gasteiger partial charge in [0.25, 0.3) is 11.1 Å². The number of carbonyl (C=O) groups excluding carboxylic acids is 1. The maximum atomic E-state index is 14.6. The number of nitrogens with one attached hydrogen (secondary N) is 1. The molecule has 2 aromatic rings. The Hall–Kier alpha value is -3.96. The van der Waals surface area contributed by atoms with Crippen molar-refractivity contribution >= 4 is 27.9 Å². The molecule has 1 aromatic carbocycles. The zero-order valence-electron chi connectivity index (χ0n) is 23.0. The average molecular weight is 558 g/mol. The van der Waals surface area contributed by atoms with Crippen molar-refractivity contribution < 1.29 is 23.8 Å². The topological polar surface area (TPSA) is 146 Å². The summed E-state index contributed by atoms with van der Waals surface area (Å²) in [6, 6.07) is 4.25. The van der Waals surface area contributed by atoms with Gasteiger partial charge in [-0.25, -0.2) is 4.39 Å². The minimum Gasteiger partial charge on any atom is -0.496 e. The number of hydrogen-bond donors (Lipinski definition) is 4. The zero-order valence-corrected chi connectivity index (χ0v) is 23.9. The monoisotopic (exact) mass is 557 g/mol. The van der Waals surface area contributed by atoms with Crippen LogP contribution in [0.1, 0.15) is 46.6 Å². The van der Waals surface area contributed by atoms with Gasteiger partial charge in [-0.15, -0.1) is 5.10 Å². The first-order chi connectivity index (χ1) is 18.5. The molecule has 39 heavy (non-hydrogen) atoms. The maximum absolute atomic E-state index is 14.6. The first-order valence-electron chi connectivity index (χ1n) is 12.2. The predicted octanol–water partition coefficient (Wildman–Crippen LogP) is 4.85. The lowest BCUT2D eigenvalue weighted by Gasteiger charge is -2.19. The van der Waals surface area contributed by atoms with Crippen molar-refractivity contribution in [2.24, 2.45) is 11.5 Å². The molecule has 0 radical (unpaired) electrons. The molecule has 1 heterocycles. The molecule has 0 bridgehead atoms. The first-order valence-corrected chi connectivity index (χ1v) is 13.0. The number of anilines is 1. The Morgan fingerprint density at radius 2 is 1.95 bits per heavy atom. The molecule has 0 atom stereocenters. The Labute approximate surface area is 232 Å². The van der Waals surface area contributed by atoms with Crippen LogP contribution in [0.25, 0.3) is 5.57 Å². The van der Waals surface area contributed by atoms with Crippen molar-refractivity contribution in [3.63, 3.8) is 0 Å². The van der Waals surface area contributed by atoms with Gasteiger partial charge in [-0.2, -0.15) is 0 Å². The van der Waals surface area contributed by atoms with E-state index >= 15 is 0 Å². The molecule has 0 saturated heterocycles. The lowest BCUT2D eigenvalue weighted by molar-refractivity contribution is -0.112. The number of allylic oxidation sites excluding steroid dienone is 2. The molecular weight excluding hydrogens is 521 g/mol. The summed E-state index contributed by atoms with van der Waals surface area (Å²) in [6.45, 7) is 9.57. The summed E-state index contributed by atoms with van der Waals surface area (Å²) in [5.41, 5.74) is 13.3. The Kier molecular flexibility index (Phi) is 11.4. The zero-order chi connectivity index (χ0) is 29.2. The van der Waals surface area contributed by atoms with Crippen LogP contribution in [0.4, 0.5) is 9.52 Å². The van der Waals surface area contributed by atoms with E-state index in [9.17, 15) is 14.3 Å². The second-order valence-corrected chi connectivity index (χ2v) is 9.83. The summed E-state index contributed by atoms with van der Waals surface area (Å²) in [5, 5.41) is 21.3. The minimum absolute atomic E-state index is 0.0000349. The van der Waals surface area contributed by atoms with Gasteiger partial charge in [-0.1, -0.05) is 41.9 Å². The molecule has 6 N–H and O–H groups in total. The van der Waals surface area contributed by atoms with Crippen LogP contribution in [-0.2, 0) is 4.79 Å². The summed E-state index contributed by atoms with van der Waals surface area (Å²) in [6.07, 6.45) is 8.55. The summed E-state index contributed by atoms with van der Waals surface area (Å²) in [7, 11) is 1.38. The number of aliphatic hydroxyl groups is 1. The molecule has 0 saturated carbocycles. The SMILES string of the molecule is C\C=C(/C=C\C(COc1nnc(NC(=O)C(=C/N)/C(=C\N)c2c(F)cccc2OC)s1)=C(\C)CC)C(C)(C)O. The number of methoxy groups -OCH3 is 1. The standard InChI is InChI=1S/C28H36FN5O4S/c1-7-17(3)18(12-13-19(8-2)28(4,5)36)16-38-27-34-33-26(39-27)32-25(35)21(15-31)20(14-30)24-22(29)10-9-11-23(24)37-6/h8-15,36H,7,16,30-31H2,1-6H3,(H,32,33,35)/b13-12-,18-17+,19-8+,20-14+,21-15+. The third-order valence-corrected chi connectivity index (χ3v) is 6.62. The lowest BCUT2D eigenvalue weighted by Crippen LogP contribution is -2.20. The molecule has 0 aliphatic rings. The van der Waals surface area contributed by atoms with E-state index in [1.54, 1.807) is 19.9 Å². The van der Waals surface area contributed by atoms with Gasteiger partial charge in [0, 0.05) is 18.0 Å². The van der Waals surface area contributed by atoms with E-state index in [0.717, 1.165) is 46.9 Å². The number of carbonyl (C=O) groups is 1. The Morgan fingerprint density at radius 1 is 1.23 bits per heavy atom.